The molecule has 1 aliphatic rings. The van der Waals surface area contributed by atoms with Gasteiger partial charge in [0.2, 0.25) is 0 Å². The summed E-state index contributed by atoms with van der Waals surface area (Å²) in [6.45, 7) is 5.98. The molecule has 118 valence electrons. The van der Waals surface area contributed by atoms with E-state index in [9.17, 15) is 4.79 Å². The van der Waals surface area contributed by atoms with Gasteiger partial charge >= 0.3 is 0 Å². The number of fused-ring (bicyclic) bond motifs is 1. The van der Waals surface area contributed by atoms with Crippen molar-refractivity contribution in [2.45, 2.75) is 32.9 Å². The minimum absolute atomic E-state index is 0.0670. The van der Waals surface area contributed by atoms with Crippen LogP contribution in [0.4, 0.5) is 0 Å². The number of nitrogens with zero attached hydrogens (tertiary/aromatic N) is 3. The molecule has 2 aromatic heterocycles. The average Bonchev–Trinajstić information content (AvgIpc) is 3.11. The highest BCUT2D eigenvalue weighted by Crippen LogP contribution is 2.27. The van der Waals surface area contributed by atoms with Gasteiger partial charge in [0.15, 0.2) is 5.76 Å². The van der Waals surface area contributed by atoms with Gasteiger partial charge < -0.3 is 18.6 Å². The first-order valence-electron chi connectivity index (χ1n) is 7.51. The van der Waals surface area contributed by atoms with E-state index in [-0.39, 0.29) is 11.9 Å². The fourth-order valence-electron chi connectivity index (χ4n) is 2.97. The van der Waals surface area contributed by atoms with E-state index in [0.717, 1.165) is 30.0 Å². The Balaban J connectivity index is 1.83. The highest BCUT2D eigenvalue weighted by Gasteiger charge is 2.32. The predicted octanol–water partition coefficient (Wildman–Crippen LogP) is 2.19. The summed E-state index contributed by atoms with van der Waals surface area (Å²) in [7, 11) is 1.70. The van der Waals surface area contributed by atoms with Gasteiger partial charge in [-0.05, 0) is 19.9 Å². The van der Waals surface area contributed by atoms with E-state index in [2.05, 4.69) is 9.55 Å². The maximum Gasteiger partial charge on any atom is 0.290 e. The average molecular weight is 303 g/mol. The van der Waals surface area contributed by atoms with Crippen molar-refractivity contribution in [1.82, 2.24) is 14.5 Å². The maximum atomic E-state index is 12.7. The molecule has 0 fully saturated rings. The van der Waals surface area contributed by atoms with Gasteiger partial charge in [-0.15, -0.1) is 0 Å². The Morgan fingerprint density at radius 1 is 1.50 bits per heavy atom. The zero-order valence-electron chi connectivity index (χ0n) is 13.2. The summed E-state index contributed by atoms with van der Waals surface area (Å²) in [6, 6.07) is 1.74. The van der Waals surface area contributed by atoms with Crippen LogP contribution in [0, 0.1) is 6.92 Å². The van der Waals surface area contributed by atoms with Crippen molar-refractivity contribution >= 4 is 5.91 Å². The smallest absolute Gasteiger partial charge is 0.290 e. The minimum Gasteiger partial charge on any atom is -0.459 e. The highest BCUT2D eigenvalue weighted by atomic mass is 16.5. The lowest BCUT2D eigenvalue weighted by molar-refractivity contribution is 0.0602. The van der Waals surface area contributed by atoms with Crippen molar-refractivity contribution < 1.29 is 13.9 Å². The topological polar surface area (TPSA) is 60.5 Å². The summed E-state index contributed by atoms with van der Waals surface area (Å²) in [4.78, 5) is 19.0. The number of hydrogen-bond donors (Lipinski definition) is 0. The molecule has 6 nitrogen and oxygen atoms in total. The Morgan fingerprint density at radius 3 is 3.00 bits per heavy atom. The summed E-state index contributed by atoms with van der Waals surface area (Å²) in [5.74, 6) is 1.28. The quantitative estimate of drug-likeness (QED) is 0.868. The van der Waals surface area contributed by atoms with Crippen molar-refractivity contribution in [3.8, 4) is 0 Å². The highest BCUT2D eigenvalue weighted by molar-refractivity contribution is 5.93. The molecule has 6 heteroatoms. The van der Waals surface area contributed by atoms with Gasteiger partial charge in [-0.3, -0.25) is 4.79 Å². The van der Waals surface area contributed by atoms with Crippen LogP contribution in [-0.2, 0) is 17.7 Å². The molecule has 0 aromatic carbocycles. The van der Waals surface area contributed by atoms with Gasteiger partial charge in [-0.2, -0.15) is 0 Å². The van der Waals surface area contributed by atoms with Crippen LogP contribution in [0.25, 0.3) is 0 Å². The normalized spacial score (nSPS) is 17.6. The predicted molar refractivity (Wildman–Crippen MR) is 80.7 cm³/mol. The Labute approximate surface area is 129 Å². The number of hydrogen-bond acceptors (Lipinski definition) is 4. The molecule has 2 aromatic rings. The second-order valence-corrected chi connectivity index (χ2v) is 5.61. The number of imidazole rings is 1. The van der Waals surface area contributed by atoms with Gasteiger partial charge in [-0.1, -0.05) is 0 Å². The van der Waals surface area contributed by atoms with Crippen LogP contribution in [0.1, 0.15) is 40.6 Å². The van der Waals surface area contributed by atoms with E-state index in [4.69, 9.17) is 9.15 Å². The second kappa shape index (κ2) is 5.96. The van der Waals surface area contributed by atoms with Crippen LogP contribution >= 0.6 is 0 Å². The molecule has 3 heterocycles. The number of methoxy groups -OCH3 is 1. The second-order valence-electron chi connectivity index (χ2n) is 5.61. The number of aryl methyl sites for hydroxylation is 1. The molecule has 0 spiro atoms. The summed E-state index contributed by atoms with van der Waals surface area (Å²) in [5.41, 5.74) is 2.02. The molecule has 3 rings (SSSR count). The number of rotatable bonds is 4. The fourth-order valence-corrected chi connectivity index (χ4v) is 2.97. The van der Waals surface area contributed by atoms with E-state index in [1.54, 1.807) is 13.4 Å². The third-order valence-electron chi connectivity index (χ3n) is 4.25. The molecular weight excluding hydrogens is 282 g/mol. The summed E-state index contributed by atoms with van der Waals surface area (Å²) < 4.78 is 12.7. The zero-order chi connectivity index (χ0) is 15.7. The molecule has 0 radical (unpaired) electrons. The van der Waals surface area contributed by atoms with E-state index >= 15 is 0 Å². The van der Waals surface area contributed by atoms with Crippen LogP contribution < -0.4 is 0 Å². The van der Waals surface area contributed by atoms with Gasteiger partial charge in [0.05, 0.1) is 18.9 Å². The summed E-state index contributed by atoms with van der Waals surface area (Å²) >= 11 is 0. The molecule has 0 bridgehead atoms. The van der Waals surface area contributed by atoms with Crippen molar-refractivity contribution in [1.29, 1.82) is 0 Å². The molecule has 1 aliphatic heterocycles. The van der Waals surface area contributed by atoms with Gasteiger partial charge in [-0.25, -0.2) is 4.98 Å². The Morgan fingerprint density at radius 2 is 2.32 bits per heavy atom. The number of amides is 1. The largest absolute Gasteiger partial charge is 0.459 e. The molecule has 22 heavy (non-hydrogen) atoms. The molecule has 0 saturated carbocycles. The number of aromatic nitrogens is 2. The number of ether oxygens (including phenoxy) is 1. The molecule has 0 unspecified atom stereocenters. The number of carbonyl (C=O) groups excluding carboxylic acids is 1. The van der Waals surface area contributed by atoms with Crippen molar-refractivity contribution in [3.63, 3.8) is 0 Å². The van der Waals surface area contributed by atoms with Crippen molar-refractivity contribution in [3.05, 3.63) is 41.4 Å². The SMILES string of the molecule is COCCc1cnc2n1CCN(C(=O)c1occc1C)[C@H]2C. The lowest BCUT2D eigenvalue weighted by Crippen LogP contribution is -2.41. The molecule has 0 N–H and O–H groups in total. The fraction of sp³-hybridized carbons (Fsp3) is 0.500. The molecule has 1 amide bonds. The summed E-state index contributed by atoms with van der Waals surface area (Å²) in [5, 5.41) is 0. The first-order valence-corrected chi connectivity index (χ1v) is 7.51. The van der Waals surface area contributed by atoms with Gasteiger partial charge in [0.25, 0.3) is 5.91 Å². The monoisotopic (exact) mass is 303 g/mol. The Kier molecular flexibility index (Phi) is 4.02. The third-order valence-corrected chi connectivity index (χ3v) is 4.25. The van der Waals surface area contributed by atoms with Gasteiger partial charge in [0, 0.05) is 44.1 Å². The number of furan rings is 1. The van der Waals surface area contributed by atoms with E-state index in [1.807, 2.05) is 31.0 Å². The molecule has 1 atom stereocenters. The number of carbonyl (C=O) groups is 1. The molecule has 0 aliphatic carbocycles. The standard InChI is InChI=1S/C16H21N3O3/c1-11-4-9-22-14(11)16(20)18-6-7-19-13(5-8-21-3)10-17-15(19)12(18)2/h4,9-10,12H,5-8H2,1-3H3/t12-/m0/s1. The van der Waals surface area contributed by atoms with Crippen LogP contribution in [0.2, 0.25) is 0 Å². The summed E-state index contributed by atoms with van der Waals surface area (Å²) in [6.07, 6.45) is 4.28. The van der Waals surface area contributed by atoms with Gasteiger partial charge in [0.1, 0.15) is 5.82 Å². The first kappa shape index (κ1) is 14.8. The van der Waals surface area contributed by atoms with E-state index in [0.29, 0.717) is 18.9 Å². The first-order chi connectivity index (χ1) is 10.6. The van der Waals surface area contributed by atoms with Crippen LogP contribution in [0.5, 0.6) is 0 Å². The Bertz CT molecular complexity index is 674. The molecule has 0 saturated heterocycles. The Hall–Kier alpha value is -2.08. The van der Waals surface area contributed by atoms with Crippen molar-refractivity contribution in [2.75, 3.05) is 20.3 Å². The minimum atomic E-state index is -0.0676. The maximum absolute atomic E-state index is 12.7. The van der Waals surface area contributed by atoms with E-state index < -0.39 is 0 Å². The van der Waals surface area contributed by atoms with Crippen molar-refractivity contribution in [2.24, 2.45) is 0 Å². The van der Waals surface area contributed by atoms with E-state index in [1.165, 1.54) is 0 Å². The van der Waals surface area contributed by atoms with Crippen LogP contribution in [0.15, 0.2) is 22.9 Å². The lowest BCUT2D eigenvalue weighted by atomic mass is 10.1. The molecular formula is C16H21N3O3. The van der Waals surface area contributed by atoms with Crippen LogP contribution in [-0.4, -0.2) is 40.6 Å². The third kappa shape index (κ3) is 2.43. The van der Waals surface area contributed by atoms with Crippen LogP contribution in [0.3, 0.4) is 0 Å². The zero-order valence-corrected chi connectivity index (χ0v) is 13.2. The lowest BCUT2D eigenvalue weighted by Gasteiger charge is -2.34.